The minimum Gasteiger partial charge on any atom is -0.397 e. The number of benzene rings is 2. The molecule has 0 amide bonds. The van der Waals surface area contributed by atoms with Gasteiger partial charge in [-0.2, -0.15) is 0 Å². The monoisotopic (exact) mass is 231 g/mol. The van der Waals surface area contributed by atoms with Crippen LogP contribution >= 0.6 is 24.0 Å². The third kappa shape index (κ3) is 1.63. The van der Waals surface area contributed by atoms with Crippen LogP contribution in [0.1, 0.15) is 0 Å². The molecule has 2 aromatic carbocycles. The number of nitrogens with two attached hydrogens (primary N) is 1. The van der Waals surface area contributed by atoms with E-state index in [1.54, 1.807) is 24.3 Å². The van der Waals surface area contributed by atoms with Crippen LogP contribution in [0.25, 0.3) is 10.8 Å². The van der Waals surface area contributed by atoms with E-state index in [9.17, 15) is 4.39 Å². The highest BCUT2D eigenvalue weighted by Crippen LogP contribution is 2.30. The van der Waals surface area contributed by atoms with Crippen molar-refractivity contribution in [1.82, 2.24) is 0 Å². The van der Waals surface area contributed by atoms with Crippen LogP contribution in [0.4, 0.5) is 10.1 Å². The van der Waals surface area contributed by atoms with Crippen molar-refractivity contribution in [1.29, 1.82) is 0 Å². The van der Waals surface area contributed by atoms with Crippen molar-refractivity contribution in [2.45, 2.75) is 0 Å². The number of fused-ring (bicyclic) bond motifs is 1. The molecule has 1 nitrogen and oxygen atoms in total. The van der Waals surface area contributed by atoms with Gasteiger partial charge in [0.1, 0.15) is 5.82 Å². The molecule has 0 spiro atoms. The number of rotatable bonds is 0. The summed E-state index contributed by atoms with van der Waals surface area (Å²) < 4.78 is 13.3. The summed E-state index contributed by atoms with van der Waals surface area (Å²) >= 11 is 5.73. The second-order valence-electron chi connectivity index (χ2n) is 2.80. The molecule has 0 bridgehead atoms. The highest BCUT2D eigenvalue weighted by atomic mass is 35.5. The Kier molecular flexibility index (Phi) is 3.19. The Hall–Kier alpha value is -0.990. The van der Waals surface area contributed by atoms with Crippen molar-refractivity contribution in [2.75, 3.05) is 5.73 Å². The topological polar surface area (TPSA) is 26.0 Å². The van der Waals surface area contributed by atoms with Crippen molar-refractivity contribution < 1.29 is 4.39 Å². The van der Waals surface area contributed by atoms with E-state index in [2.05, 4.69) is 0 Å². The number of halogens is 3. The van der Waals surface area contributed by atoms with Gasteiger partial charge >= 0.3 is 0 Å². The number of nitrogen functional groups attached to an aromatic ring is 1. The van der Waals surface area contributed by atoms with Gasteiger partial charge in [-0.15, -0.1) is 12.4 Å². The van der Waals surface area contributed by atoms with Gasteiger partial charge in [-0.3, -0.25) is 0 Å². The highest BCUT2D eigenvalue weighted by molar-refractivity contribution is 6.34. The molecule has 0 atom stereocenters. The maximum Gasteiger partial charge on any atom is 0.132 e. The molecule has 0 aliphatic rings. The first kappa shape index (κ1) is 11.1. The van der Waals surface area contributed by atoms with E-state index in [-0.39, 0.29) is 23.2 Å². The van der Waals surface area contributed by atoms with Crippen molar-refractivity contribution in [3.63, 3.8) is 0 Å². The van der Waals surface area contributed by atoms with Gasteiger partial charge in [-0.1, -0.05) is 35.9 Å². The SMILES string of the molecule is Cl.Nc1c(Cl)cc(F)c2ccccc12. The zero-order chi connectivity index (χ0) is 9.42. The van der Waals surface area contributed by atoms with Gasteiger partial charge in [-0.25, -0.2) is 4.39 Å². The zero-order valence-corrected chi connectivity index (χ0v) is 8.70. The van der Waals surface area contributed by atoms with E-state index < -0.39 is 0 Å². The molecule has 0 saturated heterocycles. The molecule has 0 aliphatic heterocycles. The van der Waals surface area contributed by atoms with Gasteiger partial charge in [0.2, 0.25) is 0 Å². The van der Waals surface area contributed by atoms with Crippen LogP contribution < -0.4 is 5.73 Å². The summed E-state index contributed by atoms with van der Waals surface area (Å²) in [6.45, 7) is 0. The molecule has 0 heterocycles. The second-order valence-corrected chi connectivity index (χ2v) is 3.21. The summed E-state index contributed by atoms with van der Waals surface area (Å²) in [5, 5.41) is 1.42. The molecule has 0 saturated carbocycles. The number of hydrogen-bond acceptors (Lipinski definition) is 1. The largest absolute Gasteiger partial charge is 0.397 e. The van der Waals surface area contributed by atoms with Crippen LogP contribution in [0.3, 0.4) is 0 Å². The van der Waals surface area contributed by atoms with Gasteiger partial charge in [-0.05, 0) is 6.07 Å². The lowest BCUT2D eigenvalue weighted by Gasteiger charge is -2.04. The molecule has 2 aromatic rings. The second kappa shape index (κ2) is 4.03. The average Bonchev–Trinajstić information content (AvgIpc) is 2.15. The smallest absolute Gasteiger partial charge is 0.132 e. The normalized spacial score (nSPS) is 9.86. The summed E-state index contributed by atoms with van der Waals surface area (Å²) in [6, 6.07) is 8.23. The molecule has 14 heavy (non-hydrogen) atoms. The molecule has 4 heteroatoms. The van der Waals surface area contributed by atoms with Gasteiger partial charge in [0.05, 0.1) is 10.7 Å². The Morgan fingerprint density at radius 3 is 2.36 bits per heavy atom. The fourth-order valence-electron chi connectivity index (χ4n) is 1.32. The van der Waals surface area contributed by atoms with E-state index >= 15 is 0 Å². The first-order valence-corrected chi connectivity index (χ1v) is 4.20. The molecule has 2 rings (SSSR count). The summed E-state index contributed by atoms with van der Waals surface area (Å²) in [4.78, 5) is 0. The Morgan fingerprint density at radius 1 is 1.14 bits per heavy atom. The zero-order valence-electron chi connectivity index (χ0n) is 7.13. The van der Waals surface area contributed by atoms with Crippen LogP contribution in [0, 0.1) is 5.82 Å². The number of hydrogen-bond donors (Lipinski definition) is 1. The van der Waals surface area contributed by atoms with Gasteiger partial charge in [0.15, 0.2) is 0 Å². The third-order valence-electron chi connectivity index (χ3n) is 1.99. The Labute approximate surface area is 92.1 Å². The van der Waals surface area contributed by atoms with Gasteiger partial charge in [0, 0.05) is 10.8 Å². The third-order valence-corrected chi connectivity index (χ3v) is 2.30. The molecular formula is C10H8Cl2FN. The molecule has 0 fully saturated rings. The van der Waals surface area contributed by atoms with E-state index in [4.69, 9.17) is 17.3 Å². The molecule has 0 aliphatic carbocycles. The Morgan fingerprint density at radius 2 is 1.71 bits per heavy atom. The quantitative estimate of drug-likeness (QED) is 0.689. The van der Waals surface area contributed by atoms with Crippen molar-refractivity contribution in [2.24, 2.45) is 0 Å². The summed E-state index contributed by atoms with van der Waals surface area (Å²) in [6.07, 6.45) is 0. The van der Waals surface area contributed by atoms with Crippen LogP contribution in [0.15, 0.2) is 30.3 Å². The minimum atomic E-state index is -0.338. The maximum absolute atomic E-state index is 13.3. The molecule has 0 aromatic heterocycles. The predicted octanol–water partition coefficient (Wildman–Crippen LogP) is 3.64. The summed E-state index contributed by atoms with van der Waals surface area (Å²) in [5.41, 5.74) is 6.12. The molecular weight excluding hydrogens is 224 g/mol. The molecule has 2 N–H and O–H groups in total. The Balaban J connectivity index is 0.000000980. The number of anilines is 1. The van der Waals surface area contributed by atoms with E-state index in [0.717, 1.165) is 0 Å². The minimum absolute atomic E-state index is 0. The first-order chi connectivity index (χ1) is 6.20. The van der Waals surface area contributed by atoms with Crippen molar-refractivity contribution in [3.8, 4) is 0 Å². The van der Waals surface area contributed by atoms with E-state index in [1.807, 2.05) is 0 Å². The fraction of sp³-hybridized carbons (Fsp3) is 0. The van der Waals surface area contributed by atoms with Crippen molar-refractivity contribution >= 4 is 40.5 Å². The van der Waals surface area contributed by atoms with Gasteiger partial charge < -0.3 is 5.73 Å². The van der Waals surface area contributed by atoms with Crippen molar-refractivity contribution in [3.05, 3.63) is 41.2 Å². The van der Waals surface area contributed by atoms with Crippen LogP contribution in [0.5, 0.6) is 0 Å². The summed E-state index contributed by atoms with van der Waals surface area (Å²) in [7, 11) is 0. The van der Waals surface area contributed by atoms with Crippen LogP contribution in [-0.4, -0.2) is 0 Å². The standard InChI is InChI=1S/C10H7ClFN.ClH/c11-8-5-9(12)6-3-1-2-4-7(6)10(8)13;/h1-5H,13H2;1H. The first-order valence-electron chi connectivity index (χ1n) is 3.82. The van der Waals surface area contributed by atoms with Crippen LogP contribution in [-0.2, 0) is 0 Å². The van der Waals surface area contributed by atoms with Gasteiger partial charge in [0.25, 0.3) is 0 Å². The highest BCUT2D eigenvalue weighted by Gasteiger charge is 2.06. The maximum atomic E-state index is 13.3. The molecule has 74 valence electrons. The van der Waals surface area contributed by atoms with E-state index in [1.165, 1.54) is 6.07 Å². The Bertz CT molecular complexity index is 471. The van der Waals surface area contributed by atoms with Crippen LogP contribution in [0.2, 0.25) is 5.02 Å². The summed E-state index contributed by atoms with van der Waals surface area (Å²) in [5.74, 6) is -0.338. The average molecular weight is 232 g/mol. The molecule has 0 radical (unpaired) electrons. The lowest BCUT2D eigenvalue weighted by Crippen LogP contribution is -1.90. The lowest BCUT2D eigenvalue weighted by atomic mass is 10.1. The predicted molar refractivity (Wildman–Crippen MR) is 60.6 cm³/mol. The molecule has 0 unspecified atom stereocenters. The van der Waals surface area contributed by atoms with E-state index in [0.29, 0.717) is 16.5 Å². The lowest BCUT2D eigenvalue weighted by molar-refractivity contribution is 0.640. The fourth-order valence-corrected chi connectivity index (χ4v) is 1.52.